The van der Waals surface area contributed by atoms with E-state index in [1.165, 1.54) is 27.8 Å². The molecule has 2 aliphatic carbocycles. The number of fused-ring (bicyclic) bond motifs is 1. The topological polar surface area (TPSA) is 0 Å². The van der Waals surface area contributed by atoms with E-state index in [0.717, 1.165) is 0 Å². The van der Waals surface area contributed by atoms with Crippen LogP contribution in [-0.4, -0.2) is 0 Å². The molecule has 0 nitrogen and oxygen atoms in total. The number of hydrogen-bond donors (Lipinski definition) is 0. The average Bonchev–Trinajstić information content (AvgIpc) is 2.85. The molecule has 2 aromatic carbocycles. The molecule has 0 radical (unpaired) electrons. The van der Waals surface area contributed by atoms with Crippen LogP contribution in [0.1, 0.15) is 22.6 Å². The zero-order valence-electron chi connectivity index (χ0n) is 12.9. The minimum atomic E-state index is 0.261. The van der Waals surface area contributed by atoms with Crippen LogP contribution in [0.15, 0.2) is 103 Å². The van der Waals surface area contributed by atoms with Crippen molar-refractivity contribution in [3.63, 3.8) is 0 Å². The minimum absolute atomic E-state index is 0.261. The van der Waals surface area contributed by atoms with Crippen molar-refractivity contribution in [3.8, 4) is 11.1 Å². The highest BCUT2D eigenvalue weighted by Crippen LogP contribution is 2.39. The van der Waals surface area contributed by atoms with Crippen molar-refractivity contribution in [2.75, 3.05) is 0 Å². The van der Waals surface area contributed by atoms with Crippen molar-refractivity contribution in [2.24, 2.45) is 0 Å². The van der Waals surface area contributed by atoms with Crippen molar-refractivity contribution >= 4 is 0 Å². The molecule has 0 fully saturated rings. The van der Waals surface area contributed by atoms with Crippen LogP contribution >= 0.6 is 0 Å². The van der Waals surface area contributed by atoms with Gasteiger partial charge in [0.25, 0.3) is 0 Å². The molecule has 0 amide bonds. The van der Waals surface area contributed by atoms with Gasteiger partial charge in [-0.25, -0.2) is 0 Å². The third-order valence-corrected chi connectivity index (χ3v) is 4.40. The van der Waals surface area contributed by atoms with Gasteiger partial charge < -0.3 is 0 Å². The van der Waals surface area contributed by atoms with E-state index in [2.05, 4.69) is 103 Å². The average molecular weight is 294 g/mol. The predicted molar refractivity (Wildman–Crippen MR) is 96.9 cm³/mol. The monoisotopic (exact) mass is 294 g/mol. The Morgan fingerprint density at radius 3 is 1.57 bits per heavy atom. The highest BCUT2D eigenvalue weighted by Gasteiger charge is 2.21. The molecule has 0 atom stereocenters. The molecule has 0 spiro atoms. The fraction of sp³-hybridized carbons (Fsp3) is 0.0435. The number of hydrogen-bond acceptors (Lipinski definition) is 0. The first-order valence-corrected chi connectivity index (χ1v) is 8.01. The van der Waals surface area contributed by atoms with Gasteiger partial charge in [0.2, 0.25) is 0 Å². The molecule has 0 heteroatoms. The van der Waals surface area contributed by atoms with E-state index in [0.29, 0.717) is 0 Å². The van der Waals surface area contributed by atoms with Crippen LogP contribution in [0.4, 0.5) is 0 Å². The second-order valence-electron chi connectivity index (χ2n) is 5.82. The molecule has 4 rings (SSSR count). The van der Waals surface area contributed by atoms with E-state index in [1.54, 1.807) is 0 Å². The van der Waals surface area contributed by atoms with Crippen LogP contribution in [0, 0.1) is 0 Å². The molecule has 0 bridgehead atoms. The van der Waals surface area contributed by atoms with Gasteiger partial charge in [0.05, 0.1) is 0 Å². The fourth-order valence-corrected chi connectivity index (χ4v) is 3.33. The van der Waals surface area contributed by atoms with Crippen LogP contribution in [0.25, 0.3) is 11.1 Å². The first kappa shape index (κ1) is 13.8. The van der Waals surface area contributed by atoms with Crippen LogP contribution in [0.2, 0.25) is 0 Å². The van der Waals surface area contributed by atoms with Crippen molar-refractivity contribution in [3.05, 3.63) is 120 Å². The van der Waals surface area contributed by atoms with Crippen LogP contribution in [-0.2, 0) is 0 Å². The lowest BCUT2D eigenvalue weighted by atomic mass is 9.84. The van der Waals surface area contributed by atoms with Gasteiger partial charge in [-0.2, -0.15) is 0 Å². The van der Waals surface area contributed by atoms with Gasteiger partial charge in [-0.05, 0) is 27.8 Å². The maximum absolute atomic E-state index is 2.27. The maximum atomic E-state index is 2.27. The Bertz CT molecular complexity index is 823. The normalized spacial score (nSPS) is 11.0. The molecule has 0 unspecified atom stereocenters. The zero-order chi connectivity index (χ0) is 15.5. The Kier molecular flexibility index (Phi) is 3.65. The van der Waals surface area contributed by atoms with Gasteiger partial charge in [0.1, 0.15) is 0 Å². The van der Waals surface area contributed by atoms with E-state index in [9.17, 15) is 0 Å². The van der Waals surface area contributed by atoms with Gasteiger partial charge in [-0.15, -0.1) is 0 Å². The Morgan fingerprint density at radius 2 is 0.957 bits per heavy atom. The second-order valence-corrected chi connectivity index (χ2v) is 5.82. The molecule has 0 aliphatic heterocycles. The van der Waals surface area contributed by atoms with Gasteiger partial charge in [-0.3, -0.25) is 0 Å². The molecule has 2 aliphatic rings. The molecule has 110 valence electrons. The summed E-state index contributed by atoms with van der Waals surface area (Å²) in [5.74, 6) is 0.261. The maximum Gasteiger partial charge on any atom is 0.0346 e. The van der Waals surface area contributed by atoms with Gasteiger partial charge in [0, 0.05) is 5.92 Å². The quantitative estimate of drug-likeness (QED) is 0.436. The Balaban J connectivity index is 1.93. The van der Waals surface area contributed by atoms with E-state index < -0.39 is 0 Å². The summed E-state index contributed by atoms with van der Waals surface area (Å²) in [6, 6.07) is 36.8. The lowest BCUT2D eigenvalue weighted by molar-refractivity contribution is 0.986. The number of rotatable bonds is 3. The van der Waals surface area contributed by atoms with E-state index in [4.69, 9.17) is 0 Å². The summed E-state index contributed by atoms with van der Waals surface area (Å²) in [6.07, 6.45) is 0. The Morgan fingerprint density at radius 1 is 0.435 bits per heavy atom. The summed E-state index contributed by atoms with van der Waals surface area (Å²) in [4.78, 5) is 0. The van der Waals surface area contributed by atoms with Crippen LogP contribution in [0.5, 0.6) is 0 Å². The van der Waals surface area contributed by atoms with Gasteiger partial charge >= 0.3 is 0 Å². The van der Waals surface area contributed by atoms with E-state index in [1.807, 2.05) is 0 Å². The van der Waals surface area contributed by atoms with Crippen LogP contribution in [0.3, 0.4) is 0 Å². The summed E-state index contributed by atoms with van der Waals surface area (Å²) >= 11 is 0. The van der Waals surface area contributed by atoms with Crippen molar-refractivity contribution in [2.45, 2.75) is 5.92 Å². The highest BCUT2D eigenvalue weighted by molar-refractivity contribution is 5.73. The third-order valence-electron chi connectivity index (χ3n) is 4.40. The summed E-state index contributed by atoms with van der Waals surface area (Å²) in [5, 5.41) is 0. The van der Waals surface area contributed by atoms with E-state index in [-0.39, 0.29) is 5.92 Å². The SMILES string of the molecule is c1ccc(C(c2ccccc2)c2ccc3cccccc2-3)cc1. The molecule has 0 heterocycles. The predicted octanol–water partition coefficient (Wildman–Crippen LogP) is 5.97. The standard InChI is InChI=1S/C23H18/c1-5-11-19(12-6-1)23(20-13-7-2-8-14-20)22-17-16-18-10-4-3-9-15-21(18)22/h1-17,23H. The molecule has 0 N–H and O–H groups in total. The highest BCUT2D eigenvalue weighted by atomic mass is 14.2. The van der Waals surface area contributed by atoms with Crippen molar-refractivity contribution < 1.29 is 0 Å². The van der Waals surface area contributed by atoms with E-state index >= 15 is 0 Å². The molecular formula is C23H18. The molecule has 0 saturated heterocycles. The smallest absolute Gasteiger partial charge is 0.0346 e. The second kappa shape index (κ2) is 6.10. The molecular weight excluding hydrogens is 276 g/mol. The van der Waals surface area contributed by atoms with Crippen molar-refractivity contribution in [1.82, 2.24) is 0 Å². The summed E-state index contributed by atoms with van der Waals surface area (Å²) < 4.78 is 0. The Labute approximate surface area is 137 Å². The lowest BCUT2D eigenvalue weighted by Gasteiger charge is -2.19. The number of benzene rings is 2. The fourth-order valence-electron chi connectivity index (χ4n) is 3.33. The van der Waals surface area contributed by atoms with Gasteiger partial charge in [-0.1, -0.05) is 103 Å². The molecule has 0 saturated carbocycles. The van der Waals surface area contributed by atoms with Crippen LogP contribution < -0.4 is 0 Å². The largest absolute Gasteiger partial charge is 0.0622 e. The summed E-state index contributed by atoms with van der Waals surface area (Å²) in [5.41, 5.74) is 6.65. The Hall–Kier alpha value is -2.86. The molecule has 23 heavy (non-hydrogen) atoms. The summed E-state index contributed by atoms with van der Waals surface area (Å²) in [7, 11) is 0. The lowest BCUT2D eigenvalue weighted by Crippen LogP contribution is -2.02. The summed E-state index contributed by atoms with van der Waals surface area (Å²) in [6.45, 7) is 0. The molecule has 0 aromatic heterocycles. The zero-order valence-corrected chi connectivity index (χ0v) is 12.9. The van der Waals surface area contributed by atoms with Gasteiger partial charge in [0.15, 0.2) is 0 Å². The molecule has 2 aromatic rings. The third kappa shape index (κ3) is 2.64. The minimum Gasteiger partial charge on any atom is -0.0622 e. The first-order valence-electron chi connectivity index (χ1n) is 8.01. The van der Waals surface area contributed by atoms with Crippen molar-refractivity contribution in [1.29, 1.82) is 0 Å². The first-order chi connectivity index (χ1) is 11.4.